The molecule has 3 aromatic rings. The predicted molar refractivity (Wildman–Crippen MR) is 108 cm³/mol. The standard InChI is InChI=1S/C22H24FN3O2/c1-3-12-25(13-4-2)21(27)19-14-17-6-5-11-24-20(17)26(22(19)28)15-16-7-9-18(23)10-8-16/h5-11,14H,3-4,12-13,15H2,1-2H3. The zero-order valence-corrected chi connectivity index (χ0v) is 16.2. The lowest BCUT2D eigenvalue weighted by Crippen LogP contribution is -2.38. The average Bonchev–Trinajstić information content (AvgIpc) is 2.70. The predicted octanol–water partition coefficient (Wildman–Crippen LogP) is 3.85. The Morgan fingerprint density at radius 1 is 1.11 bits per heavy atom. The van der Waals surface area contributed by atoms with E-state index in [0.29, 0.717) is 18.7 Å². The van der Waals surface area contributed by atoms with Gasteiger partial charge in [-0.05, 0) is 48.7 Å². The highest BCUT2D eigenvalue weighted by Gasteiger charge is 2.21. The maximum absolute atomic E-state index is 13.2. The number of carbonyl (C=O) groups excluding carboxylic acids is 1. The molecular formula is C22H24FN3O2. The Bertz CT molecular complexity index is 1020. The molecule has 0 spiro atoms. The number of rotatable bonds is 7. The molecule has 3 rings (SSSR count). The van der Waals surface area contributed by atoms with E-state index < -0.39 is 0 Å². The van der Waals surface area contributed by atoms with Crippen LogP contribution in [0.1, 0.15) is 42.6 Å². The number of hydrogen-bond donors (Lipinski definition) is 0. The van der Waals surface area contributed by atoms with E-state index in [0.717, 1.165) is 23.8 Å². The Hall–Kier alpha value is -3.02. The van der Waals surface area contributed by atoms with Crippen molar-refractivity contribution in [1.29, 1.82) is 0 Å². The van der Waals surface area contributed by atoms with Crippen molar-refractivity contribution in [2.45, 2.75) is 33.2 Å². The number of nitrogens with zero attached hydrogens (tertiary/aromatic N) is 3. The van der Waals surface area contributed by atoms with Crippen LogP contribution < -0.4 is 5.56 Å². The minimum Gasteiger partial charge on any atom is -0.338 e. The van der Waals surface area contributed by atoms with Crippen molar-refractivity contribution < 1.29 is 9.18 Å². The van der Waals surface area contributed by atoms with Crippen LogP contribution >= 0.6 is 0 Å². The lowest BCUT2D eigenvalue weighted by atomic mass is 10.1. The zero-order valence-electron chi connectivity index (χ0n) is 16.2. The molecule has 0 bridgehead atoms. The van der Waals surface area contributed by atoms with Gasteiger partial charge in [-0.3, -0.25) is 14.2 Å². The maximum atomic E-state index is 13.2. The Kier molecular flexibility index (Phi) is 6.19. The second-order valence-electron chi connectivity index (χ2n) is 6.78. The third-order valence-electron chi connectivity index (χ3n) is 4.61. The molecule has 0 saturated heterocycles. The number of carbonyl (C=O) groups is 1. The molecule has 2 aromatic heterocycles. The number of hydrogen-bond acceptors (Lipinski definition) is 3. The van der Waals surface area contributed by atoms with Gasteiger partial charge in [-0.1, -0.05) is 26.0 Å². The second-order valence-corrected chi connectivity index (χ2v) is 6.78. The summed E-state index contributed by atoms with van der Waals surface area (Å²) in [4.78, 5) is 32.4. The van der Waals surface area contributed by atoms with Crippen LogP contribution in [0, 0.1) is 5.82 Å². The van der Waals surface area contributed by atoms with Crippen molar-refractivity contribution in [3.8, 4) is 0 Å². The lowest BCUT2D eigenvalue weighted by molar-refractivity contribution is 0.0753. The first-order valence-corrected chi connectivity index (χ1v) is 9.57. The third-order valence-corrected chi connectivity index (χ3v) is 4.61. The van der Waals surface area contributed by atoms with Crippen LogP contribution in [0.3, 0.4) is 0 Å². The molecule has 0 atom stereocenters. The number of benzene rings is 1. The summed E-state index contributed by atoms with van der Waals surface area (Å²) in [6, 6.07) is 11.2. The number of amides is 1. The van der Waals surface area contributed by atoms with Crippen LogP contribution in [0.5, 0.6) is 0 Å². The van der Waals surface area contributed by atoms with Crippen molar-refractivity contribution in [2.24, 2.45) is 0 Å². The van der Waals surface area contributed by atoms with Gasteiger partial charge >= 0.3 is 0 Å². The molecule has 0 aliphatic carbocycles. The van der Waals surface area contributed by atoms with E-state index in [-0.39, 0.29) is 29.4 Å². The fourth-order valence-corrected chi connectivity index (χ4v) is 3.30. The van der Waals surface area contributed by atoms with Crippen LogP contribution in [0.4, 0.5) is 4.39 Å². The molecule has 0 aliphatic heterocycles. The van der Waals surface area contributed by atoms with Crippen LogP contribution in [0.15, 0.2) is 53.5 Å². The third kappa shape index (κ3) is 4.11. The first-order valence-electron chi connectivity index (χ1n) is 9.57. The van der Waals surface area contributed by atoms with Gasteiger partial charge in [0.1, 0.15) is 17.0 Å². The molecule has 0 unspecified atom stereocenters. The molecule has 1 amide bonds. The first kappa shape index (κ1) is 19.7. The second kappa shape index (κ2) is 8.78. The summed E-state index contributed by atoms with van der Waals surface area (Å²) in [5, 5.41) is 0.723. The molecule has 28 heavy (non-hydrogen) atoms. The Morgan fingerprint density at radius 3 is 2.43 bits per heavy atom. The SMILES string of the molecule is CCCN(CCC)C(=O)c1cc2cccnc2n(Cc2ccc(F)cc2)c1=O. The van der Waals surface area contributed by atoms with Crippen LogP contribution in [0.25, 0.3) is 11.0 Å². The van der Waals surface area contributed by atoms with Gasteiger partial charge < -0.3 is 4.90 Å². The van der Waals surface area contributed by atoms with E-state index in [1.807, 2.05) is 19.9 Å². The summed E-state index contributed by atoms with van der Waals surface area (Å²) in [5.74, 6) is -0.593. The fraction of sp³-hybridized carbons (Fsp3) is 0.318. The summed E-state index contributed by atoms with van der Waals surface area (Å²) in [7, 11) is 0. The molecule has 0 radical (unpaired) electrons. The highest BCUT2D eigenvalue weighted by Crippen LogP contribution is 2.15. The molecule has 6 heteroatoms. The lowest BCUT2D eigenvalue weighted by Gasteiger charge is -2.22. The van der Waals surface area contributed by atoms with Crippen molar-refractivity contribution in [3.05, 3.63) is 76.0 Å². The summed E-state index contributed by atoms with van der Waals surface area (Å²) in [5.41, 5.74) is 1.03. The topological polar surface area (TPSA) is 55.2 Å². The molecule has 2 heterocycles. The van der Waals surface area contributed by atoms with Gasteiger partial charge in [0.2, 0.25) is 0 Å². The number of halogens is 1. The fourth-order valence-electron chi connectivity index (χ4n) is 3.30. The molecule has 146 valence electrons. The first-order chi connectivity index (χ1) is 13.5. The zero-order chi connectivity index (χ0) is 20.1. The van der Waals surface area contributed by atoms with Gasteiger partial charge in [-0.2, -0.15) is 0 Å². The molecule has 0 aliphatic rings. The van der Waals surface area contributed by atoms with Crippen molar-refractivity contribution in [2.75, 3.05) is 13.1 Å². The minimum absolute atomic E-state index is 0.143. The Balaban J connectivity index is 2.12. The van der Waals surface area contributed by atoms with Gasteiger partial charge in [0.25, 0.3) is 11.5 Å². The minimum atomic E-state index is -0.377. The molecular weight excluding hydrogens is 357 g/mol. The van der Waals surface area contributed by atoms with E-state index >= 15 is 0 Å². The van der Waals surface area contributed by atoms with Crippen molar-refractivity contribution in [1.82, 2.24) is 14.5 Å². The smallest absolute Gasteiger partial charge is 0.265 e. The van der Waals surface area contributed by atoms with E-state index in [1.54, 1.807) is 35.4 Å². The van der Waals surface area contributed by atoms with Gasteiger partial charge in [0.05, 0.1) is 6.54 Å². The number of fused-ring (bicyclic) bond motifs is 1. The van der Waals surface area contributed by atoms with Crippen LogP contribution in [-0.4, -0.2) is 33.4 Å². The summed E-state index contributed by atoms with van der Waals surface area (Å²) in [6.45, 7) is 5.44. The molecule has 1 aromatic carbocycles. The summed E-state index contributed by atoms with van der Waals surface area (Å²) < 4.78 is 14.7. The molecule has 0 fully saturated rings. The Labute approximate surface area is 163 Å². The summed E-state index contributed by atoms with van der Waals surface area (Å²) in [6.07, 6.45) is 3.26. The largest absolute Gasteiger partial charge is 0.338 e. The van der Waals surface area contributed by atoms with E-state index in [1.165, 1.54) is 16.7 Å². The van der Waals surface area contributed by atoms with Gasteiger partial charge in [-0.25, -0.2) is 9.37 Å². The molecule has 5 nitrogen and oxygen atoms in total. The number of pyridine rings is 2. The monoisotopic (exact) mass is 381 g/mol. The summed E-state index contributed by atoms with van der Waals surface area (Å²) >= 11 is 0. The Morgan fingerprint density at radius 2 is 1.79 bits per heavy atom. The molecule has 0 saturated carbocycles. The van der Waals surface area contributed by atoms with Crippen LogP contribution in [0.2, 0.25) is 0 Å². The molecule has 0 N–H and O–H groups in total. The highest BCUT2D eigenvalue weighted by molar-refractivity contribution is 5.97. The average molecular weight is 381 g/mol. The van der Waals surface area contributed by atoms with Gasteiger partial charge in [0, 0.05) is 24.7 Å². The van der Waals surface area contributed by atoms with E-state index in [9.17, 15) is 14.0 Å². The maximum Gasteiger partial charge on any atom is 0.265 e. The van der Waals surface area contributed by atoms with Crippen molar-refractivity contribution >= 4 is 16.9 Å². The van der Waals surface area contributed by atoms with Gasteiger partial charge in [-0.15, -0.1) is 0 Å². The quantitative estimate of drug-likeness (QED) is 0.625. The van der Waals surface area contributed by atoms with E-state index in [2.05, 4.69) is 4.98 Å². The normalized spacial score (nSPS) is 11.0. The number of aromatic nitrogens is 2. The van der Waals surface area contributed by atoms with E-state index in [4.69, 9.17) is 0 Å². The highest BCUT2D eigenvalue weighted by atomic mass is 19.1. The van der Waals surface area contributed by atoms with Gasteiger partial charge in [0.15, 0.2) is 0 Å². The van der Waals surface area contributed by atoms with Crippen LogP contribution in [-0.2, 0) is 6.54 Å². The van der Waals surface area contributed by atoms with Crippen molar-refractivity contribution in [3.63, 3.8) is 0 Å².